The fourth-order valence-corrected chi connectivity index (χ4v) is 1.29. The average molecular weight is 195 g/mol. The molecule has 0 aromatic carbocycles. The lowest BCUT2D eigenvalue weighted by Crippen LogP contribution is -1.91. The van der Waals surface area contributed by atoms with E-state index in [2.05, 4.69) is 15.2 Å². The summed E-state index contributed by atoms with van der Waals surface area (Å²) in [5.74, 6) is 0.743. The fraction of sp³-hybridized carbons (Fsp3) is 0.125. The predicted octanol–water partition coefficient (Wildman–Crippen LogP) is 1.53. The molecule has 13 heavy (non-hydrogen) atoms. The van der Waals surface area contributed by atoms with Crippen LogP contribution in [0, 0.1) is 0 Å². The highest BCUT2D eigenvalue weighted by Crippen LogP contribution is 2.23. The molecule has 0 bridgehead atoms. The van der Waals surface area contributed by atoms with E-state index < -0.39 is 0 Å². The molecular weight excluding hydrogens is 188 g/mol. The molecule has 0 radical (unpaired) electrons. The number of aromatic nitrogens is 4. The molecule has 5 heteroatoms. The van der Waals surface area contributed by atoms with Crippen molar-refractivity contribution in [2.24, 2.45) is 7.05 Å². The predicted molar refractivity (Wildman–Crippen MR) is 49.2 cm³/mol. The molecule has 2 aromatic rings. The first-order valence-electron chi connectivity index (χ1n) is 3.73. The van der Waals surface area contributed by atoms with Gasteiger partial charge in [-0.15, -0.1) is 10.2 Å². The first-order chi connectivity index (χ1) is 6.29. The molecule has 0 spiro atoms. The zero-order valence-corrected chi connectivity index (χ0v) is 7.73. The minimum Gasteiger partial charge on any atom is -0.317 e. The van der Waals surface area contributed by atoms with Gasteiger partial charge in [0, 0.05) is 25.0 Å². The lowest BCUT2D eigenvalue weighted by molar-refractivity contribution is 0.919. The molecule has 0 atom stereocenters. The molecule has 2 aromatic heterocycles. The first-order valence-corrected chi connectivity index (χ1v) is 4.10. The van der Waals surface area contributed by atoms with Crippen LogP contribution in [-0.2, 0) is 7.05 Å². The second-order valence-electron chi connectivity index (χ2n) is 2.62. The minimum atomic E-state index is 0.582. The summed E-state index contributed by atoms with van der Waals surface area (Å²) >= 11 is 5.94. The zero-order valence-electron chi connectivity index (χ0n) is 6.98. The molecule has 4 nitrogen and oxygen atoms in total. The Kier molecular flexibility index (Phi) is 1.98. The number of rotatable bonds is 1. The van der Waals surface area contributed by atoms with Crippen molar-refractivity contribution in [2.75, 3.05) is 0 Å². The van der Waals surface area contributed by atoms with Crippen molar-refractivity contribution in [1.82, 2.24) is 19.7 Å². The molecule has 2 rings (SSSR count). The Morgan fingerprint density at radius 3 is 2.92 bits per heavy atom. The Bertz CT molecular complexity index is 424. The van der Waals surface area contributed by atoms with E-state index in [0.717, 1.165) is 11.4 Å². The van der Waals surface area contributed by atoms with Crippen LogP contribution in [0.15, 0.2) is 24.8 Å². The molecule has 2 heterocycles. The van der Waals surface area contributed by atoms with Gasteiger partial charge in [-0.2, -0.15) is 0 Å². The molecule has 0 aliphatic heterocycles. The zero-order chi connectivity index (χ0) is 9.26. The smallest absolute Gasteiger partial charge is 0.165 e. The molecule has 0 saturated carbocycles. The number of pyridine rings is 1. The van der Waals surface area contributed by atoms with Gasteiger partial charge >= 0.3 is 0 Å². The van der Waals surface area contributed by atoms with Crippen LogP contribution in [0.5, 0.6) is 0 Å². The van der Waals surface area contributed by atoms with E-state index in [1.54, 1.807) is 23.3 Å². The van der Waals surface area contributed by atoms with E-state index in [-0.39, 0.29) is 0 Å². The maximum Gasteiger partial charge on any atom is 0.165 e. The monoisotopic (exact) mass is 194 g/mol. The summed E-state index contributed by atoms with van der Waals surface area (Å²) in [5, 5.41) is 8.30. The van der Waals surface area contributed by atoms with Gasteiger partial charge in [0.1, 0.15) is 6.33 Å². The van der Waals surface area contributed by atoms with Crippen LogP contribution in [0.25, 0.3) is 11.4 Å². The van der Waals surface area contributed by atoms with Gasteiger partial charge in [-0.3, -0.25) is 4.98 Å². The number of aryl methyl sites for hydroxylation is 1. The average Bonchev–Trinajstić information content (AvgIpc) is 2.52. The van der Waals surface area contributed by atoms with Crippen molar-refractivity contribution in [3.8, 4) is 11.4 Å². The lowest BCUT2D eigenvalue weighted by Gasteiger charge is -2.00. The highest BCUT2D eigenvalue weighted by atomic mass is 35.5. The van der Waals surface area contributed by atoms with Gasteiger partial charge in [-0.1, -0.05) is 11.6 Å². The molecule has 0 aliphatic carbocycles. The molecule has 66 valence electrons. The van der Waals surface area contributed by atoms with Crippen molar-refractivity contribution in [3.63, 3.8) is 0 Å². The van der Waals surface area contributed by atoms with Crippen LogP contribution in [0.1, 0.15) is 0 Å². The maximum absolute atomic E-state index is 5.94. The summed E-state index contributed by atoms with van der Waals surface area (Å²) < 4.78 is 1.81. The standard InChI is InChI=1S/C8H7ClN4/c1-13-5-11-12-8(13)6-2-3-10-4-7(6)9/h2-5H,1H3. The van der Waals surface area contributed by atoms with E-state index in [1.807, 2.05) is 13.1 Å². The molecule has 0 N–H and O–H groups in total. The maximum atomic E-state index is 5.94. The highest BCUT2D eigenvalue weighted by molar-refractivity contribution is 6.33. The van der Waals surface area contributed by atoms with E-state index in [1.165, 1.54) is 0 Å². The largest absolute Gasteiger partial charge is 0.317 e. The molecule has 0 aliphatic rings. The van der Waals surface area contributed by atoms with E-state index >= 15 is 0 Å². The third-order valence-corrected chi connectivity index (χ3v) is 2.03. The third-order valence-electron chi connectivity index (χ3n) is 1.72. The van der Waals surface area contributed by atoms with Crippen LogP contribution in [0.4, 0.5) is 0 Å². The Morgan fingerprint density at radius 2 is 2.31 bits per heavy atom. The lowest BCUT2D eigenvalue weighted by atomic mass is 10.2. The first kappa shape index (κ1) is 8.19. The van der Waals surface area contributed by atoms with Crippen molar-refractivity contribution < 1.29 is 0 Å². The molecule has 0 fully saturated rings. The Morgan fingerprint density at radius 1 is 1.46 bits per heavy atom. The summed E-state index contributed by atoms with van der Waals surface area (Å²) in [6, 6.07) is 1.81. The van der Waals surface area contributed by atoms with Crippen LogP contribution in [0.3, 0.4) is 0 Å². The Labute approximate surface area is 80.2 Å². The van der Waals surface area contributed by atoms with Crippen molar-refractivity contribution >= 4 is 11.6 Å². The quantitative estimate of drug-likeness (QED) is 0.692. The van der Waals surface area contributed by atoms with Gasteiger partial charge in [-0.25, -0.2) is 0 Å². The Balaban J connectivity index is 2.59. The van der Waals surface area contributed by atoms with Gasteiger partial charge in [-0.05, 0) is 6.07 Å². The number of hydrogen-bond donors (Lipinski definition) is 0. The van der Waals surface area contributed by atoms with E-state index in [4.69, 9.17) is 11.6 Å². The molecule has 0 saturated heterocycles. The van der Waals surface area contributed by atoms with Gasteiger partial charge in [0.2, 0.25) is 0 Å². The molecular formula is C8H7ClN4. The van der Waals surface area contributed by atoms with Crippen LogP contribution in [-0.4, -0.2) is 19.7 Å². The summed E-state index contributed by atoms with van der Waals surface area (Å²) in [4.78, 5) is 3.90. The van der Waals surface area contributed by atoms with E-state index in [0.29, 0.717) is 5.02 Å². The van der Waals surface area contributed by atoms with Gasteiger partial charge in [0.15, 0.2) is 5.82 Å². The van der Waals surface area contributed by atoms with Gasteiger partial charge in [0.25, 0.3) is 0 Å². The number of halogens is 1. The topological polar surface area (TPSA) is 43.6 Å². The van der Waals surface area contributed by atoms with Crippen LogP contribution < -0.4 is 0 Å². The van der Waals surface area contributed by atoms with E-state index in [9.17, 15) is 0 Å². The third kappa shape index (κ3) is 1.40. The molecule has 0 amide bonds. The molecule has 0 unspecified atom stereocenters. The normalized spacial score (nSPS) is 10.3. The Hall–Kier alpha value is -1.42. The SMILES string of the molecule is Cn1cnnc1-c1ccncc1Cl. The van der Waals surface area contributed by atoms with Crippen LogP contribution in [0.2, 0.25) is 5.02 Å². The summed E-state index contributed by atoms with van der Waals surface area (Å²) in [5.41, 5.74) is 0.844. The van der Waals surface area contributed by atoms with Gasteiger partial charge in [0.05, 0.1) is 5.02 Å². The number of hydrogen-bond acceptors (Lipinski definition) is 3. The van der Waals surface area contributed by atoms with Crippen molar-refractivity contribution in [1.29, 1.82) is 0 Å². The summed E-state index contributed by atoms with van der Waals surface area (Å²) in [6.45, 7) is 0. The minimum absolute atomic E-state index is 0.582. The fourth-order valence-electron chi connectivity index (χ4n) is 1.08. The number of nitrogens with zero attached hydrogens (tertiary/aromatic N) is 4. The van der Waals surface area contributed by atoms with Crippen LogP contribution >= 0.6 is 11.6 Å². The highest BCUT2D eigenvalue weighted by Gasteiger charge is 2.07. The summed E-state index contributed by atoms with van der Waals surface area (Å²) in [6.07, 6.45) is 4.90. The van der Waals surface area contributed by atoms with Crippen molar-refractivity contribution in [2.45, 2.75) is 0 Å². The second kappa shape index (κ2) is 3.14. The second-order valence-corrected chi connectivity index (χ2v) is 3.03. The van der Waals surface area contributed by atoms with Crippen molar-refractivity contribution in [3.05, 3.63) is 29.8 Å². The van der Waals surface area contributed by atoms with Gasteiger partial charge < -0.3 is 4.57 Å². The summed E-state index contributed by atoms with van der Waals surface area (Å²) in [7, 11) is 1.87.